The quantitative estimate of drug-likeness (QED) is 0.708. The van der Waals surface area contributed by atoms with Crippen molar-refractivity contribution in [3.63, 3.8) is 0 Å². The number of aliphatic hydroxyl groups is 1. The summed E-state index contributed by atoms with van der Waals surface area (Å²) in [6, 6.07) is 7.27. The van der Waals surface area contributed by atoms with Crippen molar-refractivity contribution in [3.05, 3.63) is 35.6 Å². The number of fused-ring (bicyclic) bond motifs is 1. The summed E-state index contributed by atoms with van der Waals surface area (Å²) in [5.41, 5.74) is 7.59. The van der Waals surface area contributed by atoms with Crippen LogP contribution in [0.2, 0.25) is 0 Å². The molecule has 98 valence electrons. The normalized spacial score (nSPS) is 39.6. The largest absolute Gasteiger partial charge is 0.393 e. The molecule has 5 unspecified atom stereocenters. The second-order valence-electron chi connectivity index (χ2n) is 5.55. The maximum atomic E-state index is 12.9. The smallest absolute Gasteiger partial charge is 0.123 e. The highest BCUT2D eigenvalue weighted by Crippen LogP contribution is 2.39. The van der Waals surface area contributed by atoms with E-state index in [-0.39, 0.29) is 17.8 Å². The van der Waals surface area contributed by atoms with Gasteiger partial charge in [0.1, 0.15) is 5.82 Å². The van der Waals surface area contributed by atoms with Crippen molar-refractivity contribution in [2.75, 3.05) is 0 Å². The molecule has 1 aliphatic carbocycles. The molecule has 2 aliphatic rings. The van der Waals surface area contributed by atoms with E-state index in [9.17, 15) is 9.50 Å². The van der Waals surface area contributed by atoms with Crippen LogP contribution in [0.1, 0.15) is 31.2 Å². The van der Waals surface area contributed by atoms with Crippen LogP contribution in [0.5, 0.6) is 0 Å². The lowest BCUT2D eigenvalue weighted by Crippen LogP contribution is -2.43. The van der Waals surface area contributed by atoms with Crippen LogP contribution in [0.25, 0.3) is 0 Å². The van der Waals surface area contributed by atoms with Crippen LogP contribution in [0.15, 0.2) is 24.3 Å². The Balaban J connectivity index is 1.78. The SMILES string of the molecule is CC1NNC2CC(c3ccc(F)cc3)CC(O)C12. The molecule has 3 N–H and O–H groups in total. The van der Waals surface area contributed by atoms with Gasteiger partial charge in [0.25, 0.3) is 0 Å². The zero-order chi connectivity index (χ0) is 12.7. The van der Waals surface area contributed by atoms with Gasteiger partial charge in [-0.25, -0.2) is 4.39 Å². The molecule has 5 atom stereocenters. The fourth-order valence-electron chi connectivity index (χ4n) is 3.46. The summed E-state index contributed by atoms with van der Waals surface area (Å²) in [5, 5.41) is 10.3. The molecule has 1 heterocycles. The average Bonchev–Trinajstić information content (AvgIpc) is 2.72. The van der Waals surface area contributed by atoms with E-state index in [0.717, 1.165) is 18.4 Å². The Morgan fingerprint density at radius 3 is 2.61 bits per heavy atom. The summed E-state index contributed by atoms with van der Waals surface area (Å²) < 4.78 is 12.9. The summed E-state index contributed by atoms with van der Waals surface area (Å²) in [6.07, 6.45) is 1.46. The van der Waals surface area contributed by atoms with Crippen LogP contribution in [-0.4, -0.2) is 23.3 Å². The number of aliphatic hydroxyl groups excluding tert-OH is 1. The first-order valence-electron chi connectivity index (χ1n) is 6.59. The van der Waals surface area contributed by atoms with E-state index in [1.807, 2.05) is 12.1 Å². The van der Waals surface area contributed by atoms with E-state index in [0.29, 0.717) is 18.0 Å². The Kier molecular flexibility index (Phi) is 3.09. The lowest BCUT2D eigenvalue weighted by atomic mass is 9.72. The molecular weight excluding hydrogens is 231 g/mol. The molecule has 1 aromatic carbocycles. The summed E-state index contributed by atoms with van der Waals surface area (Å²) >= 11 is 0. The molecule has 1 saturated carbocycles. The number of hydrazine groups is 1. The van der Waals surface area contributed by atoms with E-state index in [4.69, 9.17) is 0 Å². The molecular formula is C14H19FN2O. The third kappa shape index (κ3) is 2.05. The van der Waals surface area contributed by atoms with Gasteiger partial charge in [0.2, 0.25) is 0 Å². The van der Waals surface area contributed by atoms with Gasteiger partial charge in [-0.1, -0.05) is 12.1 Å². The highest BCUT2D eigenvalue weighted by atomic mass is 19.1. The Morgan fingerprint density at radius 2 is 1.89 bits per heavy atom. The van der Waals surface area contributed by atoms with Crippen molar-refractivity contribution in [2.24, 2.45) is 5.92 Å². The molecule has 0 radical (unpaired) electrons. The van der Waals surface area contributed by atoms with Gasteiger partial charge in [-0.05, 0) is 43.4 Å². The van der Waals surface area contributed by atoms with E-state index in [1.165, 1.54) is 12.1 Å². The number of rotatable bonds is 1. The first-order valence-corrected chi connectivity index (χ1v) is 6.59. The molecule has 0 spiro atoms. The van der Waals surface area contributed by atoms with E-state index < -0.39 is 0 Å². The molecule has 18 heavy (non-hydrogen) atoms. The molecule has 4 heteroatoms. The van der Waals surface area contributed by atoms with Crippen LogP contribution in [-0.2, 0) is 0 Å². The molecule has 3 rings (SSSR count). The minimum atomic E-state index is -0.295. The number of hydrogen-bond acceptors (Lipinski definition) is 3. The molecule has 0 aromatic heterocycles. The predicted octanol–water partition coefficient (Wildman–Crippen LogP) is 1.55. The highest BCUT2D eigenvalue weighted by molar-refractivity contribution is 5.22. The Morgan fingerprint density at radius 1 is 1.17 bits per heavy atom. The molecule has 3 nitrogen and oxygen atoms in total. The predicted molar refractivity (Wildman–Crippen MR) is 67.4 cm³/mol. The maximum Gasteiger partial charge on any atom is 0.123 e. The minimum absolute atomic E-state index is 0.206. The summed E-state index contributed by atoms with van der Waals surface area (Å²) in [4.78, 5) is 0. The zero-order valence-electron chi connectivity index (χ0n) is 10.4. The van der Waals surface area contributed by atoms with Gasteiger partial charge < -0.3 is 5.11 Å². The van der Waals surface area contributed by atoms with Crippen molar-refractivity contribution in [1.29, 1.82) is 0 Å². The van der Waals surface area contributed by atoms with Gasteiger partial charge in [0.15, 0.2) is 0 Å². The first-order chi connectivity index (χ1) is 8.65. The van der Waals surface area contributed by atoms with E-state index in [2.05, 4.69) is 17.8 Å². The Labute approximate surface area is 106 Å². The van der Waals surface area contributed by atoms with Gasteiger partial charge >= 0.3 is 0 Å². The number of nitrogens with one attached hydrogen (secondary N) is 2. The molecule has 1 saturated heterocycles. The summed E-state index contributed by atoms with van der Waals surface area (Å²) in [7, 11) is 0. The maximum absolute atomic E-state index is 12.9. The molecule has 1 aromatic rings. The number of benzene rings is 1. The van der Waals surface area contributed by atoms with Crippen molar-refractivity contribution in [1.82, 2.24) is 10.9 Å². The topological polar surface area (TPSA) is 44.3 Å². The minimum Gasteiger partial charge on any atom is -0.393 e. The van der Waals surface area contributed by atoms with Gasteiger partial charge in [-0.2, -0.15) is 0 Å². The lowest BCUT2D eigenvalue weighted by molar-refractivity contribution is 0.0498. The monoisotopic (exact) mass is 250 g/mol. The fourth-order valence-corrected chi connectivity index (χ4v) is 3.46. The van der Waals surface area contributed by atoms with Crippen molar-refractivity contribution >= 4 is 0 Å². The van der Waals surface area contributed by atoms with E-state index in [1.54, 1.807) is 0 Å². The second-order valence-corrected chi connectivity index (χ2v) is 5.55. The van der Waals surface area contributed by atoms with Crippen molar-refractivity contribution < 1.29 is 9.50 Å². The van der Waals surface area contributed by atoms with Crippen LogP contribution >= 0.6 is 0 Å². The molecule has 2 fully saturated rings. The fraction of sp³-hybridized carbons (Fsp3) is 0.571. The van der Waals surface area contributed by atoms with Crippen LogP contribution < -0.4 is 10.9 Å². The standard InChI is InChI=1S/C14H19FN2O/c1-8-14-12(17-16-8)6-10(7-13(14)18)9-2-4-11(15)5-3-9/h2-5,8,10,12-14,16-18H,6-7H2,1H3. The van der Waals surface area contributed by atoms with Crippen LogP contribution in [0.3, 0.4) is 0 Å². The summed E-state index contributed by atoms with van der Waals surface area (Å²) in [5.74, 6) is 0.380. The zero-order valence-corrected chi connectivity index (χ0v) is 10.4. The number of hydrogen-bond donors (Lipinski definition) is 3. The van der Waals surface area contributed by atoms with Crippen LogP contribution in [0.4, 0.5) is 4.39 Å². The van der Waals surface area contributed by atoms with Gasteiger partial charge in [-0.3, -0.25) is 10.9 Å². The van der Waals surface area contributed by atoms with Gasteiger partial charge in [0.05, 0.1) is 6.10 Å². The molecule has 0 bridgehead atoms. The van der Waals surface area contributed by atoms with Crippen LogP contribution in [0, 0.1) is 11.7 Å². The van der Waals surface area contributed by atoms with E-state index >= 15 is 0 Å². The highest BCUT2D eigenvalue weighted by Gasteiger charge is 2.43. The average molecular weight is 250 g/mol. The third-order valence-electron chi connectivity index (χ3n) is 4.39. The van der Waals surface area contributed by atoms with Crippen molar-refractivity contribution in [2.45, 2.75) is 43.9 Å². The Hall–Kier alpha value is -0.970. The van der Waals surface area contributed by atoms with Gasteiger partial charge in [-0.15, -0.1) is 0 Å². The summed E-state index contributed by atoms with van der Waals surface area (Å²) in [6.45, 7) is 2.10. The second kappa shape index (κ2) is 4.61. The number of halogens is 1. The lowest BCUT2D eigenvalue weighted by Gasteiger charge is -2.36. The third-order valence-corrected chi connectivity index (χ3v) is 4.39. The Bertz CT molecular complexity index is 422. The first kappa shape index (κ1) is 12.1. The molecule has 0 amide bonds. The van der Waals surface area contributed by atoms with Gasteiger partial charge in [0, 0.05) is 18.0 Å². The van der Waals surface area contributed by atoms with Crippen molar-refractivity contribution in [3.8, 4) is 0 Å². The molecule has 1 aliphatic heterocycles.